The van der Waals surface area contributed by atoms with Gasteiger partial charge in [0.05, 0.1) is 12.0 Å². The molecule has 1 aliphatic heterocycles. The van der Waals surface area contributed by atoms with Crippen molar-refractivity contribution in [3.8, 4) is 0 Å². The molecule has 1 aromatic rings. The van der Waals surface area contributed by atoms with Crippen LogP contribution in [0.25, 0.3) is 0 Å². The van der Waals surface area contributed by atoms with Crippen LogP contribution in [0.1, 0.15) is 148 Å². The standard InChI is InChI=1S/C32H58NO4S/c1-2-3-4-5-6-7-8-9-10-11-12-13-14-17-20-23-32-36-28-30(37-32)27-35-31(34)22-19-16-15-18-21-24-33-25-26-38-29-33/h25-26,29-30,32H,2-24,27-28H2,1H3/q+1/t30-,32-/m0/s1. The molecular formula is C32H58NO4S+. The number of rotatable bonds is 26. The summed E-state index contributed by atoms with van der Waals surface area (Å²) in [7, 11) is 0. The lowest BCUT2D eigenvalue weighted by molar-refractivity contribution is -0.692. The largest absolute Gasteiger partial charge is 0.463 e. The molecule has 1 aromatic heterocycles. The molecule has 2 heterocycles. The van der Waals surface area contributed by atoms with Crippen molar-refractivity contribution in [2.24, 2.45) is 0 Å². The summed E-state index contributed by atoms with van der Waals surface area (Å²) < 4.78 is 19.4. The molecule has 0 saturated carbocycles. The zero-order valence-corrected chi connectivity index (χ0v) is 25.4. The maximum atomic E-state index is 12.0. The zero-order chi connectivity index (χ0) is 26.9. The summed E-state index contributed by atoms with van der Waals surface area (Å²) in [4.78, 5) is 12.0. The van der Waals surface area contributed by atoms with Crippen molar-refractivity contribution in [1.29, 1.82) is 0 Å². The molecule has 1 fully saturated rings. The number of hydrogen-bond donors (Lipinski definition) is 0. The van der Waals surface area contributed by atoms with Crippen molar-refractivity contribution in [3.05, 3.63) is 17.1 Å². The molecule has 0 radical (unpaired) electrons. The minimum absolute atomic E-state index is 0.102. The topological polar surface area (TPSA) is 48.6 Å². The van der Waals surface area contributed by atoms with Crippen LogP contribution in [0, 0.1) is 0 Å². The Morgan fingerprint density at radius 2 is 1.39 bits per heavy atom. The fraction of sp³-hybridized carbons (Fsp3) is 0.875. The van der Waals surface area contributed by atoms with Gasteiger partial charge in [0.25, 0.3) is 0 Å². The third-order valence-electron chi connectivity index (χ3n) is 7.61. The molecule has 6 heteroatoms. The Labute approximate surface area is 238 Å². The highest BCUT2D eigenvalue weighted by Crippen LogP contribution is 2.19. The van der Waals surface area contributed by atoms with E-state index in [-0.39, 0.29) is 18.4 Å². The van der Waals surface area contributed by atoms with E-state index in [9.17, 15) is 4.79 Å². The third-order valence-corrected chi connectivity index (χ3v) is 8.28. The van der Waals surface area contributed by atoms with Gasteiger partial charge < -0.3 is 14.2 Å². The van der Waals surface area contributed by atoms with Gasteiger partial charge in [-0.2, -0.15) is 4.57 Å². The Balaban J connectivity index is 1.29. The first-order valence-electron chi connectivity index (χ1n) is 16.1. The lowest BCUT2D eigenvalue weighted by atomic mass is 10.0. The van der Waals surface area contributed by atoms with Crippen LogP contribution in [0.4, 0.5) is 0 Å². The van der Waals surface area contributed by atoms with Crippen LogP contribution >= 0.6 is 11.3 Å². The molecule has 5 nitrogen and oxygen atoms in total. The van der Waals surface area contributed by atoms with Gasteiger partial charge in [-0.3, -0.25) is 4.79 Å². The smallest absolute Gasteiger partial charge is 0.305 e. The highest BCUT2D eigenvalue weighted by molar-refractivity contribution is 7.07. The zero-order valence-electron chi connectivity index (χ0n) is 24.6. The second-order valence-corrected chi connectivity index (χ2v) is 12.0. The number of nitrogens with zero attached hydrogens (tertiary/aromatic N) is 1. The van der Waals surface area contributed by atoms with Gasteiger partial charge in [-0.15, -0.1) is 0 Å². The van der Waals surface area contributed by atoms with Crippen molar-refractivity contribution in [2.45, 2.75) is 167 Å². The summed E-state index contributed by atoms with van der Waals surface area (Å²) in [6.45, 7) is 4.24. The molecule has 38 heavy (non-hydrogen) atoms. The number of thiazole rings is 1. The predicted octanol–water partition coefficient (Wildman–Crippen LogP) is 8.92. The number of carbonyl (C=O) groups excluding carboxylic acids is 1. The molecule has 0 aliphatic carbocycles. The molecule has 0 bridgehead atoms. The van der Waals surface area contributed by atoms with E-state index in [0.29, 0.717) is 19.6 Å². The number of hydrogen-bond acceptors (Lipinski definition) is 5. The van der Waals surface area contributed by atoms with Crippen molar-refractivity contribution < 1.29 is 23.6 Å². The van der Waals surface area contributed by atoms with E-state index in [1.54, 1.807) is 11.3 Å². The molecule has 2 rings (SSSR count). The summed E-state index contributed by atoms with van der Waals surface area (Å²) in [5, 5.41) is 2.11. The lowest BCUT2D eigenvalue weighted by Crippen LogP contribution is -2.29. The lowest BCUT2D eigenvalue weighted by Gasteiger charge is -2.12. The van der Waals surface area contributed by atoms with Crippen molar-refractivity contribution in [1.82, 2.24) is 0 Å². The Hall–Kier alpha value is -0.980. The summed E-state index contributed by atoms with van der Waals surface area (Å²) in [5.74, 6) is -0.103. The molecule has 1 aliphatic rings. The number of carbonyl (C=O) groups is 1. The first kappa shape index (κ1) is 33.2. The Bertz CT molecular complexity index is 654. The van der Waals surface area contributed by atoms with Crippen LogP contribution in [0.2, 0.25) is 0 Å². The molecule has 0 N–H and O–H groups in total. The first-order chi connectivity index (χ1) is 18.8. The van der Waals surface area contributed by atoms with Crippen LogP contribution in [0.15, 0.2) is 17.1 Å². The summed E-state index contributed by atoms with van der Waals surface area (Å²) in [5.41, 5.74) is 2.15. The number of aryl methyl sites for hydroxylation is 1. The van der Waals surface area contributed by atoms with Gasteiger partial charge in [-0.1, -0.05) is 121 Å². The normalized spacial score (nSPS) is 17.3. The van der Waals surface area contributed by atoms with Gasteiger partial charge >= 0.3 is 5.97 Å². The van der Waals surface area contributed by atoms with Crippen LogP contribution in [-0.2, 0) is 25.5 Å². The van der Waals surface area contributed by atoms with E-state index in [1.807, 2.05) is 0 Å². The van der Waals surface area contributed by atoms with Gasteiger partial charge in [0.15, 0.2) is 12.5 Å². The van der Waals surface area contributed by atoms with Crippen LogP contribution < -0.4 is 4.57 Å². The maximum absolute atomic E-state index is 12.0. The highest BCUT2D eigenvalue weighted by Gasteiger charge is 2.26. The van der Waals surface area contributed by atoms with Gasteiger partial charge in [0.1, 0.15) is 19.3 Å². The molecule has 0 aromatic carbocycles. The van der Waals surface area contributed by atoms with Crippen LogP contribution in [0.5, 0.6) is 0 Å². The molecule has 0 spiro atoms. The number of unbranched alkanes of at least 4 members (excludes halogenated alkanes) is 18. The van der Waals surface area contributed by atoms with Crippen molar-refractivity contribution >= 4 is 17.3 Å². The summed E-state index contributed by atoms with van der Waals surface area (Å²) in [6, 6.07) is 0. The van der Waals surface area contributed by atoms with E-state index in [4.69, 9.17) is 14.2 Å². The maximum Gasteiger partial charge on any atom is 0.305 e. The molecule has 220 valence electrons. The Kier molecular flexibility index (Phi) is 20.9. The quantitative estimate of drug-likeness (QED) is 0.0654. The number of esters is 1. The van der Waals surface area contributed by atoms with E-state index in [2.05, 4.69) is 28.6 Å². The van der Waals surface area contributed by atoms with E-state index in [0.717, 1.165) is 32.2 Å². The molecule has 1 saturated heterocycles. The minimum Gasteiger partial charge on any atom is -0.463 e. The van der Waals surface area contributed by atoms with Gasteiger partial charge in [0, 0.05) is 12.8 Å². The monoisotopic (exact) mass is 552 g/mol. The van der Waals surface area contributed by atoms with Gasteiger partial charge in [0.2, 0.25) is 5.51 Å². The van der Waals surface area contributed by atoms with E-state index in [1.165, 1.54) is 109 Å². The average Bonchev–Trinajstić information content (AvgIpc) is 3.61. The summed E-state index contributed by atoms with van der Waals surface area (Å²) >= 11 is 1.73. The van der Waals surface area contributed by atoms with Crippen LogP contribution in [-0.4, -0.2) is 31.6 Å². The highest BCUT2D eigenvalue weighted by atomic mass is 32.1. The molecule has 0 unspecified atom stereocenters. The third kappa shape index (κ3) is 18.3. The Morgan fingerprint density at radius 3 is 2.00 bits per heavy atom. The average molecular weight is 553 g/mol. The number of aromatic nitrogens is 1. The van der Waals surface area contributed by atoms with Crippen LogP contribution in [0.3, 0.4) is 0 Å². The molecule has 2 atom stereocenters. The van der Waals surface area contributed by atoms with Crippen molar-refractivity contribution in [2.75, 3.05) is 13.2 Å². The van der Waals surface area contributed by atoms with E-state index < -0.39 is 0 Å². The Morgan fingerprint density at radius 1 is 0.816 bits per heavy atom. The molecule has 0 amide bonds. The van der Waals surface area contributed by atoms with Gasteiger partial charge in [-0.05, 0) is 25.7 Å². The second-order valence-electron chi connectivity index (χ2n) is 11.2. The SMILES string of the molecule is CCCCCCCCCCCCCCCCC[C@H]1OC[C@H](COC(=O)CCCCCCC[n+]2ccsc2)O1. The molecular weight excluding hydrogens is 494 g/mol. The second kappa shape index (κ2) is 23.9. The predicted molar refractivity (Wildman–Crippen MR) is 157 cm³/mol. The fourth-order valence-corrected chi connectivity index (χ4v) is 5.80. The van der Waals surface area contributed by atoms with E-state index >= 15 is 0 Å². The van der Waals surface area contributed by atoms with Gasteiger partial charge in [-0.25, -0.2) is 0 Å². The van der Waals surface area contributed by atoms with Crippen molar-refractivity contribution in [3.63, 3.8) is 0 Å². The summed E-state index contributed by atoms with van der Waals surface area (Å²) in [6.07, 6.45) is 29.6. The fourth-order valence-electron chi connectivity index (χ4n) is 5.17. The first-order valence-corrected chi connectivity index (χ1v) is 17.1. The minimum atomic E-state index is -0.118. The number of ether oxygens (including phenoxy) is 3.